The van der Waals surface area contributed by atoms with Crippen LogP contribution in [0.15, 0.2) is 30.4 Å². The van der Waals surface area contributed by atoms with Gasteiger partial charge in [-0.05, 0) is 55.2 Å². The molecular weight excluding hydrogens is 380 g/mol. The maximum atomic E-state index is 13.1. The number of imide groups is 1. The van der Waals surface area contributed by atoms with Crippen molar-refractivity contribution < 1.29 is 19.1 Å². The van der Waals surface area contributed by atoms with Crippen molar-refractivity contribution in [3.63, 3.8) is 0 Å². The third-order valence-electron chi connectivity index (χ3n) is 6.88. The van der Waals surface area contributed by atoms with Gasteiger partial charge in [0.05, 0.1) is 24.6 Å². The van der Waals surface area contributed by atoms with E-state index in [2.05, 4.69) is 17.5 Å². The topological polar surface area (TPSA) is 75.7 Å². The van der Waals surface area contributed by atoms with Gasteiger partial charge < -0.3 is 10.1 Å². The fraction of sp³-hybridized carbons (Fsp3) is 0.476. The largest absolute Gasteiger partial charge is 0.495 e. The zero-order chi connectivity index (χ0) is 19.7. The number of hydrogen-bond donors (Lipinski definition) is 1. The van der Waals surface area contributed by atoms with E-state index in [1.807, 2.05) is 0 Å². The van der Waals surface area contributed by atoms with Crippen LogP contribution in [-0.4, -0.2) is 35.8 Å². The number of methoxy groups -OCH3 is 1. The normalized spacial score (nSPS) is 35.5. The number of carbonyl (C=O) groups is 3. The lowest BCUT2D eigenvalue weighted by Crippen LogP contribution is -2.46. The molecule has 0 aromatic heterocycles. The smallest absolute Gasteiger partial charge is 0.247 e. The van der Waals surface area contributed by atoms with E-state index < -0.39 is 11.9 Å². The van der Waals surface area contributed by atoms with Gasteiger partial charge in [0.2, 0.25) is 17.7 Å². The van der Waals surface area contributed by atoms with Crippen molar-refractivity contribution in [1.29, 1.82) is 0 Å². The monoisotopic (exact) mass is 400 g/mol. The van der Waals surface area contributed by atoms with Crippen LogP contribution >= 0.6 is 11.6 Å². The molecule has 7 atom stereocenters. The first-order valence-corrected chi connectivity index (χ1v) is 10.00. The molecule has 1 aliphatic heterocycles. The summed E-state index contributed by atoms with van der Waals surface area (Å²) in [5, 5.41) is 3.20. The first-order chi connectivity index (χ1) is 13.4. The number of rotatable bonds is 4. The molecule has 6 nitrogen and oxygen atoms in total. The van der Waals surface area contributed by atoms with Gasteiger partial charge >= 0.3 is 0 Å². The lowest BCUT2D eigenvalue weighted by molar-refractivity contribution is -0.146. The van der Waals surface area contributed by atoms with Crippen molar-refractivity contribution in [2.24, 2.45) is 35.5 Å². The van der Waals surface area contributed by atoms with Crippen molar-refractivity contribution in [1.82, 2.24) is 4.90 Å². The van der Waals surface area contributed by atoms with Gasteiger partial charge in [-0.25, -0.2) is 0 Å². The van der Waals surface area contributed by atoms with Crippen LogP contribution < -0.4 is 10.1 Å². The first kappa shape index (κ1) is 17.7. The van der Waals surface area contributed by atoms with Gasteiger partial charge in [0.15, 0.2) is 0 Å². The van der Waals surface area contributed by atoms with E-state index in [1.54, 1.807) is 25.1 Å². The van der Waals surface area contributed by atoms with Crippen LogP contribution in [-0.2, 0) is 14.4 Å². The minimum Gasteiger partial charge on any atom is -0.495 e. The third-order valence-corrected chi connectivity index (χ3v) is 7.12. The van der Waals surface area contributed by atoms with Crippen LogP contribution in [0.4, 0.5) is 5.69 Å². The fourth-order valence-electron chi connectivity index (χ4n) is 5.49. The molecule has 0 unspecified atom stereocenters. The molecule has 0 radical (unpaired) electrons. The van der Waals surface area contributed by atoms with Gasteiger partial charge in [-0.1, -0.05) is 23.8 Å². The SMILES string of the molecule is COc1ccc(Cl)cc1NC(=O)[C@@H](C)N1C(=O)[C@H]2[C@@H]3C=C[C@H]([C@H]4C[C@H]34)[C@@H]2C1=O. The highest BCUT2D eigenvalue weighted by Gasteiger charge is 2.67. The molecule has 5 aliphatic rings. The molecule has 7 heteroatoms. The van der Waals surface area contributed by atoms with Crippen LogP contribution in [0.1, 0.15) is 13.3 Å². The van der Waals surface area contributed by atoms with E-state index in [4.69, 9.17) is 16.3 Å². The Bertz CT molecular complexity index is 893. The molecule has 1 aromatic rings. The van der Waals surface area contributed by atoms with Gasteiger partial charge in [-0.2, -0.15) is 0 Å². The second-order valence-corrected chi connectivity index (χ2v) is 8.65. The number of ether oxygens (including phenoxy) is 1. The molecule has 0 spiro atoms. The highest BCUT2D eigenvalue weighted by Crippen LogP contribution is 2.65. The summed E-state index contributed by atoms with van der Waals surface area (Å²) in [6.07, 6.45) is 5.35. The Morgan fingerprint density at radius 2 is 1.79 bits per heavy atom. The Morgan fingerprint density at radius 1 is 1.18 bits per heavy atom. The molecule has 3 amide bonds. The molecule has 28 heavy (non-hydrogen) atoms. The van der Waals surface area contributed by atoms with E-state index in [0.29, 0.717) is 28.3 Å². The van der Waals surface area contributed by atoms with Gasteiger partial charge in [0.1, 0.15) is 11.8 Å². The van der Waals surface area contributed by atoms with Gasteiger partial charge in [0.25, 0.3) is 0 Å². The highest BCUT2D eigenvalue weighted by molar-refractivity contribution is 6.31. The maximum Gasteiger partial charge on any atom is 0.247 e. The number of hydrogen-bond acceptors (Lipinski definition) is 4. The van der Waals surface area contributed by atoms with Gasteiger partial charge in [0, 0.05) is 5.02 Å². The molecule has 1 heterocycles. The Morgan fingerprint density at radius 3 is 2.36 bits per heavy atom. The summed E-state index contributed by atoms with van der Waals surface area (Å²) in [6, 6.07) is 3.99. The molecule has 1 N–H and O–H groups in total. The highest BCUT2D eigenvalue weighted by atomic mass is 35.5. The number of nitrogens with zero attached hydrogens (tertiary/aromatic N) is 1. The summed E-state index contributed by atoms with van der Waals surface area (Å²) >= 11 is 6.02. The molecule has 1 aromatic carbocycles. The van der Waals surface area contributed by atoms with Crippen molar-refractivity contribution in [2.45, 2.75) is 19.4 Å². The number of carbonyl (C=O) groups excluding carboxylic acids is 3. The standard InChI is InChI=1S/C21H21ClN2O4/c1-9(19(25)23-15-7-10(22)3-6-16(15)28-2)24-20(26)17-11-4-5-12(14-8-13(11)14)18(17)21(24)27/h3-7,9,11-14,17-18H,8H2,1-2H3,(H,23,25)/t9-,11-,12-,13-,14-,17+,18+/m1/s1. The third kappa shape index (κ3) is 2.37. The summed E-state index contributed by atoms with van der Waals surface area (Å²) in [5.74, 6) is 0.353. The van der Waals surface area contributed by atoms with E-state index in [1.165, 1.54) is 12.0 Å². The van der Waals surface area contributed by atoms with E-state index >= 15 is 0 Å². The maximum absolute atomic E-state index is 13.1. The summed E-state index contributed by atoms with van der Waals surface area (Å²) in [6.45, 7) is 1.59. The van der Waals surface area contributed by atoms with Gasteiger partial charge in [-0.15, -0.1) is 0 Å². The number of anilines is 1. The molecule has 2 bridgehead atoms. The van der Waals surface area contributed by atoms with E-state index in [0.717, 1.165) is 6.42 Å². The fourth-order valence-corrected chi connectivity index (χ4v) is 5.67. The van der Waals surface area contributed by atoms with Crippen molar-refractivity contribution in [3.05, 3.63) is 35.4 Å². The summed E-state index contributed by atoms with van der Waals surface area (Å²) < 4.78 is 5.25. The number of nitrogens with one attached hydrogen (secondary N) is 1. The van der Waals surface area contributed by atoms with Crippen LogP contribution in [0.5, 0.6) is 5.75 Å². The van der Waals surface area contributed by atoms with Crippen LogP contribution in [0.3, 0.4) is 0 Å². The second kappa shape index (κ2) is 6.08. The Labute approximate surface area is 167 Å². The number of allylic oxidation sites excluding steroid dienone is 2. The predicted molar refractivity (Wildman–Crippen MR) is 103 cm³/mol. The van der Waals surface area contributed by atoms with Crippen LogP contribution in [0, 0.1) is 35.5 Å². The van der Waals surface area contributed by atoms with Crippen molar-refractivity contribution in [2.75, 3.05) is 12.4 Å². The molecule has 1 saturated heterocycles. The second-order valence-electron chi connectivity index (χ2n) is 8.21. The molecule has 146 valence electrons. The van der Waals surface area contributed by atoms with E-state index in [-0.39, 0.29) is 35.5 Å². The Kier molecular flexibility index (Phi) is 3.85. The minimum absolute atomic E-state index is 0.143. The number of likely N-dealkylation sites (tertiary alicyclic amines) is 1. The van der Waals surface area contributed by atoms with Crippen molar-refractivity contribution >= 4 is 35.0 Å². The lowest BCUT2D eigenvalue weighted by atomic mass is 9.63. The average Bonchev–Trinajstić information content (AvgIpc) is 3.45. The quantitative estimate of drug-likeness (QED) is 0.622. The summed E-state index contributed by atoms with van der Waals surface area (Å²) in [4.78, 5) is 40.3. The Balaban J connectivity index is 1.38. The molecule has 6 rings (SSSR count). The number of benzene rings is 1. The van der Waals surface area contributed by atoms with Gasteiger partial charge in [-0.3, -0.25) is 19.3 Å². The van der Waals surface area contributed by atoms with Crippen LogP contribution in [0.2, 0.25) is 5.02 Å². The first-order valence-electron chi connectivity index (χ1n) is 9.62. The zero-order valence-electron chi connectivity index (χ0n) is 15.6. The number of amides is 3. The molecule has 2 saturated carbocycles. The average molecular weight is 401 g/mol. The molecule has 4 aliphatic carbocycles. The lowest BCUT2D eigenvalue weighted by Gasteiger charge is -2.37. The van der Waals surface area contributed by atoms with Crippen molar-refractivity contribution in [3.8, 4) is 5.75 Å². The number of halogens is 1. The predicted octanol–water partition coefficient (Wildman–Crippen LogP) is 2.73. The molecular formula is C21H21ClN2O4. The summed E-state index contributed by atoms with van der Waals surface area (Å²) in [5.41, 5.74) is 0.409. The Hall–Kier alpha value is -2.34. The van der Waals surface area contributed by atoms with Crippen LogP contribution in [0.25, 0.3) is 0 Å². The zero-order valence-corrected chi connectivity index (χ0v) is 16.3. The van der Waals surface area contributed by atoms with E-state index in [9.17, 15) is 14.4 Å². The minimum atomic E-state index is -0.898. The summed E-state index contributed by atoms with van der Waals surface area (Å²) in [7, 11) is 1.49. The molecule has 3 fully saturated rings.